The maximum atomic E-state index is 11.9. The van der Waals surface area contributed by atoms with Crippen molar-refractivity contribution in [1.29, 1.82) is 0 Å². The number of ether oxygens (including phenoxy) is 1. The van der Waals surface area contributed by atoms with Crippen LogP contribution in [0, 0.1) is 10.1 Å². The number of carbonyl (C=O) groups excluding carboxylic acids is 2. The quantitative estimate of drug-likeness (QED) is 0.397. The third-order valence-corrected chi connectivity index (χ3v) is 5.19. The summed E-state index contributed by atoms with van der Waals surface area (Å²) in [6, 6.07) is 9.54. The highest BCUT2D eigenvalue weighted by atomic mass is 16.6. The Kier molecular flexibility index (Phi) is 4.42. The molecule has 9 nitrogen and oxygen atoms in total. The van der Waals surface area contributed by atoms with Gasteiger partial charge in [-0.05, 0) is 30.3 Å². The first-order chi connectivity index (χ1) is 13.9. The Morgan fingerprint density at radius 2 is 1.97 bits per heavy atom. The zero-order chi connectivity index (χ0) is 20.7. The van der Waals surface area contributed by atoms with Crippen molar-refractivity contribution in [3.05, 3.63) is 68.9 Å². The van der Waals surface area contributed by atoms with Crippen LogP contribution in [-0.2, 0) is 17.7 Å². The fourth-order valence-corrected chi connectivity index (χ4v) is 3.75. The van der Waals surface area contributed by atoms with Crippen LogP contribution in [0.25, 0.3) is 10.9 Å². The first kappa shape index (κ1) is 18.5. The van der Waals surface area contributed by atoms with E-state index in [1.165, 1.54) is 19.2 Å². The summed E-state index contributed by atoms with van der Waals surface area (Å²) in [5.41, 5.74) is 8.95. The van der Waals surface area contributed by atoms with Gasteiger partial charge in [0.25, 0.3) is 5.69 Å². The van der Waals surface area contributed by atoms with Crippen LogP contribution in [0.3, 0.4) is 0 Å². The van der Waals surface area contributed by atoms with E-state index in [1.54, 1.807) is 18.2 Å². The van der Waals surface area contributed by atoms with E-state index >= 15 is 0 Å². The molecule has 0 saturated carbocycles. The summed E-state index contributed by atoms with van der Waals surface area (Å²) in [4.78, 5) is 39.6. The summed E-state index contributed by atoms with van der Waals surface area (Å²) >= 11 is 0. The molecule has 1 aromatic heterocycles. The highest BCUT2D eigenvalue weighted by Gasteiger charge is 2.27. The van der Waals surface area contributed by atoms with Crippen molar-refractivity contribution in [1.82, 2.24) is 4.98 Å². The topological polar surface area (TPSA) is 132 Å². The maximum Gasteiger partial charge on any atom is 0.337 e. The second-order valence-corrected chi connectivity index (χ2v) is 6.83. The van der Waals surface area contributed by atoms with Crippen LogP contribution in [0.4, 0.5) is 11.4 Å². The van der Waals surface area contributed by atoms with Crippen LogP contribution in [0.15, 0.2) is 36.4 Å². The van der Waals surface area contributed by atoms with E-state index in [-0.39, 0.29) is 11.3 Å². The second-order valence-electron chi connectivity index (χ2n) is 6.83. The first-order valence-electron chi connectivity index (χ1n) is 8.94. The average molecular weight is 394 g/mol. The fraction of sp³-hybridized carbons (Fsp3) is 0.200. The SMILES string of the molecule is COC(=O)c1ccc2[nH]c3c(c2c1)CN(c1ccc(C(N)=O)cc1[N+](=O)[O-])CC3. The molecule has 3 aromatic rings. The van der Waals surface area contributed by atoms with Gasteiger partial charge in [0, 0.05) is 53.3 Å². The Balaban J connectivity index is 1.76. The number of nitro groups is 1. The van der Waals surface area contributed by atoms with Gasteiger partial charge in [0.2, 0.25) is 5.91 Å². The Labute approximate surface area is 165 Å². The van der Waals surface area contributed by atoms with Crippen LogP contribution in [-0.4, -0.2) is 35.4 Å². The molecule has 0 atom stereocenters. The average Bonchev–Trinajstić information content (AvgIpc) is 3.09. The van der Waals surface area contributed by atoms with Crippen molar-refractivity contribution in [2.24, 2.45) is 5.73 Å². The number of methoxy groups -OCH3 is 1. The van der Waals surface area contributed by atoms with E-state index in [4.69, 9.17) is 10.5 Å². The number of anilines is 1. The molecular weight excluding hydrogens is 376 g/mol. The molecule has 2 heterocycles. The van der Waals surface area contributed by atoms with Gasteiger partial charge in [0.1, 0.15) is 5.69 Å². The van der Waals surface area contributed by atoms with Crippen LogP contribution < -0.4 is 10.6 Å². The highest BCUT2D eigenvalue weighted by molar-refractivity contribution is 5.96. The number of nitrogens with one attached hydrogen (secondary N) is 1. The molecule has 148 valence electrons. The summed E-state index contributed by atoms with van der Waals surface area (Å²) in [5.74, 6) is -1.14. The van der Waals surface area contributed by atoms with Gasteiger partial charge in [-0.25, -0.2) is 4.79 Å². The third kappa shape index (κ3) is 3.16. The first-order valence-corrected chi connectivity index (χ1v) is 8.94. The van der Waals surface area contributed by atoms with E-state index in [1.807, 2.05) is 11.0 Å². The van der Waals surface area contributed by atoms with Gasteiger partial charge in [-0.1, -0.05) is 0 Å². The van der Waals surface area contributed by atoms with Gasteiger partial charge in [-0.2, -0.15) is 0 Å². The van der Waals surface area contributed by atoms with E-state index < -0.39 is 16.8 Å². The molecule has 1 amide bonds. The predicted molar refractivity (Wildman–Crippen MR) is 106 cm³/mol. The molecule has 9 heteroatoms. The Morgan fingerprint density at radius 1 is 1.21 bits per heavy atom. The number of fused-ring (bicyclic) bond motifs is 3. The lowest BCUT2D eigenvalue weighted by Gasteiger charge is -2.29. The number of nitro benzene ring substituents is 1. The summed E-state index contributed by atoms with van der Waals surface area (Å²) in [7, 11) is 1.33. The zero-order valence-corrected chi connectivity index (χ0v) is 15.6. The van der Waals surface area contributed by atoms with Gasteiger partial charge < -0.3 is 20.4 Å². The molecule has 1 aliphatic rings. The minimum Gasteiger partial charge on any atom is -0.465 e. The molecule has 2 aromatic carbocycles. The van der Waals surface area contributed by atoms with Crippen molar-refractivity contribution in [2.75, 3.05) is 18.6 Å². The number of nitrogens with two attached hydrogens (primary N) is 1. The minimum atomic E-state index is -0.715. The molecule has 0 unspecified atom stereocenters. The van der Waals surface area contributed by atoms with Crippen LogP contribution >= 0.6 is 0 Å². The van der Waals surface area contributed by atoms with Crippen LogP contribution in [0.5, 0.6) is 0 Å². The fourth-order valence-electron chi connectivity index (χ4n) is 3.75. The number of primary amides is 1. The smallest absolute Gasteiger partial charge is 0.337 e. The van der Waals surface area contributed by atoms with Crippen molar-refractivity contribution >= 4 is 34.2 Å². The maximum absolute atomic E-state index is 11.9. The normalized spacial score (nSPS) is 13.2. The highest BCUT2D eigenvalue weighted by Crippen LogP contribution is 2.35. The van der Waals surface area contributed by atoms with Gasteiger partial charge >= 0.3 is 5.97 Å². The third-order valence-electron chi connectivity index (χ3n) is 5.19. The molecule has 0 spiro atoms. The summed E-state index contributed by atoms with van der Waals surface area (Å²) in [6.45, 7) is 0.997. The standard InChI is InChI=1S/C20H18N4O5/c1-29-20(26)12-2-4-15-13(8-12)14-10-23(7-6-16(14)22-15)17-5-3-11(19(21)25)9-18(17)24(27)28/h2-5,8-9,22H,6-7,10H2,1H3,(H2,21,25). The predicted octanol–water partition coefficient (Wildman–Crippen LogP) is 2.52. The molecule has 29 heavy (non-hydrogen) atoms. The minimum absolute atomic E-state index is 0.0907. The Morgan fingerprint density at radius 3 is 2.66 bits per heavy atom. The van der Waals surface area contributed by atoms with Gasteiger partial charge in [-0.15, -0.1) is 0 Å². The molecule has 3 N–H and O–H groups in total. The molecule has 0 bridgehead atoms. The lowest BCUT2D eigenvalue weighted by molar-refractivity contribution is -0.384. The zero-order valence-electron chi connectivity index (χ0n) is 15.6. The molecule has 1 aliphatic heterocycles. The molecule has 4 rings (SSSR count). The number of benzene rings is 2. The Bertz CT molecular complexity index is 1170. The molecule has 0 fully saturated rings. The number of amides is 1. The van der Waals surface area contributed by atoms with E-state index in [9.17, 15) is 19.7 Å². The lowest BCUT2D eigenvalue weighted by Crippen LogP contribution is -2.30. The van der Waals surface area contributed by atoms with Crippen molar-refractivity contribution in [2.45, 2.75) is 13.0 Å². The second kappa shape index (κ2) is 6.93. The molecule has 0 radical (unpaired) electrons. The summed E-state index contributed by atoms with van der Waals surface area (Å²) in [5, 5.41) is 12.4. The number of aromatic amines is 1. The largest absolute Gasteiger partial charge is 0.465 e. The van der Waals surface area contributed by atoms with Crippen molar-refractivity contribution < 1.29 is 19.2 Å². The number of esters is 1. The van der Waals surface area contributed by atoms with Gasteiger partial charge in [0.15, 0.2) is 0 Å². The van der Waals surface area contributed by atoms with Crippen LogP contribution in [0.2, 0.25) is 0 Å². The van der Waals surface area contributed by atoms with Crippen molar-refractivity contribution in [3.8, 4) is 0 Å². The summed E-state index contributed by atoms with van der Waals surface area (Å²) < 4.78 is 4.80. The number of rotatable bonds is 4. The number of hydrogen-bond donors (Lipinski definition) is 2. The van der Waals surface area contributed by atoms with Gasteiger partial charge in [0.05, 0.1) is 17.6 Å². The van der Waals surface area contributed by atoms with E-state index in [0.717, 1.165) is 22.2 Å². The number of hydrogen-bond acceptors (Lipinski definition) is 6. The van der Waals surface area contributed by atoms with Crippen molar-refractivity contribution in [3.63, 3.8) is 0 Å². The molecule has 0 saturated heterocycles. The summed E-state index contributed by atoms with van der Waals surface area (Å²) in [6.07, 6.45) is 0.659. The van der Waals surface area contributed by atoms with E-state index in [0.29, 0.717) is 30.8 Å². The van der Waals surface area contributed by atoms with Crippen LogP contribution in [0.1, 0.15) is 32.0 Å². The lowest BCUT2D eigenvalue weighted by atomic mass is 10.0. The molecule has 0 aliphatic carbocycles. The van der Waals surface area contributed by atoms with E-state index in [2.05, 4.69) is 4.98 Å². The Hall–Kier alpha value is -3.88. The number of nitrogens with zero attached hydrogens (tertiary/aromatic N) is 2. The number of carbonyl (C=O) groups is 2. The number of aromatic nitrogens is 1. The van der Waals surface area contributed by atoms with Gasteiger partial charge in [-0.3, -0.25) is 14.9 Å². The monoisotopic (exact) mass is 394 g/mol. The molecular formula is C20H18N4O5. The number of H-pyrrole nitrogens is 1.